The molecule has 5 nitrogen and oxygen atoms in total. The third kappa shape index (κ3) is 3.11. The smallest absolute Gasteiger partial charge is 0.335 e. The molecule has 1 saturated heterocycles. The minimum Gasteiger partial charge on any atom is -0.478 e. The van der Waals surface area contributed by atoms with E-state index < -0.39 is 16.0 Å². The first-order valence-electron chi connectivity index (χ1n) is 6.98. The molecule has 0 saturated carbocycles. The highest BCUT2D eigenvalue weighted by atomic mass is 32.2. The van der Waals surface area contributed by atoms with Gasteiger partial charge >= 0.3 is 5.97 Å². The number of carboxylic acids is 1. The van der Waals surface area contributed by atoms with Gasteiger partial charge in [-0.2, -0.15) is 4.31 Å². The van der Waals surface area contributed by atoms with Crippen molar-refractivity contribution in [3.05, 3.63) is 29.3 Å². The Bertz CT molecular complexity index is 664. The molecule has 0 atom stereocenters. The largest absolute Gasteiger partial charge is 0.478 e. The summed E-state index contributed by atoms with van der Waals surface area (Å²) in [6.45, 7) is 6.60. The summed E-state index contributed by atoms with van der Waals surface area (Å²) in [5.41, 5.74) is 0.282. The van der Waals surface area contributed by atoms with Crippen molar-refractivity contribution in [2.75, 3.05) is 13.1 Å². The SMILES string of the molecule is Cc1c(C(=O)O)cccc1S(=O)(=O)N1CCCC(C)(C)C1. The van der Waals surface area contributed by atoms with Gasteiger partial charge in [-0.1, -0.05) is 19.9 Å². The number of sulfonamides is 1. The number of carbonyl (C=O) groups is 1. The van der Waals surface area contributed by atoms with Crippen LogP contribution in [0.2, 0.25) is 0 Å². The number of hydrogen-bond acceptors (Lipinski definition) is 3. The molecule has 0 unspecified atom stereocenters. The van der Waals surface area contributed by atoms with Crippen molar-refractivity contribution in [2.45, 2.75) is 38.5 Å². The Hall–Kier alpha value is -1.40. The Morgan fingerprint density at radius 3 is 2.57 bits per heavy atom. The summed E-state index contributed by atoms with van der Waals surface area (Å²) < 4.78 is 27.1. The lowest BCUT2D eigenvalue weighted by Gasteiger charge is -2.37. The van der Waals surface area contributed by atoms with Gasteiger partial charge in [-0.25, -0.2) is 13.2 Å². The van der Waals surface area contributed by atoms with Gasteiger partial charge in [0.1, 0.15) is 0 Å². The van der Waals surface area contributed by atoms with Gasteiger partial charge in [0.25, 0.3) is 0 Å². The minimum atomic E-state index is -3.65. The summed E-state index contributed by atoms with van der Waals surface area (Å²) in [4.78, 5) is 11.3. The van der Waals surface area contributed by atoms with E-state index in [1.165, 1.54) is 22.5 Å². The molecule has 1 aromatic rings. The standard InChI is InChI=1S/C15H21NO4S/c1-11-12(14(17)18)6-4-7-13(11)21(19,20)16-9-5-8-15(2,3)10-16/h4,6-7H,5,8-10H2,1-3H3,(H,17,18). The van der Waals surface area contributed by atoms with Crippen LogP contribution in [0.25, 0.3) is 0 Å². The van der Waals surface area contributed by atoms with E-state index in [0.717, 1.165) is 12.8 Å². The second-order valence-corrected chi connectivity index (χ2v) is 8.25. The lowest BCUT2D eigenvalue weighted by molar-refractivity contribution is 0.0695. The van der Waals surface area contributed by atoms with Gasteiger partial charge in [0.05, 0.1) is 10.5 Å². The van der Waals surface area contributed by atoms with E-state index in [9.17, 15) is 13.2 Å². The summed E-state index contributed by atoms with van der Waals surface area (Å²) in [6, 6.07) is 4.40. The van der Waals surface area contributed by atoms with Crippen LogP contribution in [0.3, 0.4) is 0 Å². The summed E-state index contributed by atoms with van der Waals surface area (Å²) in [7, 11) is -3.65. The zero-order valence-electron chi connectivity index (χ0n) is 12.6. The Kier molecular flexibility index (Phi) is 4.13. The van der Waals surface area contributed by atoms with Crippen molar-refractivity contribution < 1.29 is 18.3 Å². The van der Waals surface area contributed by atoms with E-state index in [1.807, 2.05) is 0 Å². The zero-order valence-corrected chi connectivity index (χ0v) is 13.4. The fraction of sp³-hybridized carbons (Fsp3) is 0.533. The maximum atomic E-state index is 12.8. The summed E-state index contributed by atoms with van der Waals surface area (Å²) in [5, 5.41) is 9.14. The Morgan fingerprint density at radius 2 is 2.00 bits per heavy atom. The highest BCUT2D eigenvalue weighted by Crippen LogP contribution is 2.32. The minimum absolute atomic E-state index is 0.0346. The molecule has 1 N–H and O–H groups in total. The molecule has 1 fully saturated rings. The fourth-order valence-corrected chi connectivity index (χ4v) is 4.75. The molecule has 0 spiro atoms. The second kappa shape index (κ2) is 5.42. The monoisotopic (exact) mass is 311 g/mol. The first-order chi connectivity index (χ1) is 9.65. The van der Waals surface area contributed by atoms with Crippen LogP contribution < -0.4 is 0 Å². The lowest BCUT2D eigenvalue weighted by Crippen LogP contribution is -2.43. The molecule has 0 bridgehead atoms. The third-order valence-corrected chi connectivity index (χ3v) is 5.99. The zero-order chi connectivity index (χ0) is 15.8. The molecule has 0 amide bonds. The maximum Gasteiger partial charge on any atom is 0.335 e. The molecule has 0 radical (unpaired) electrons. The van der Waals surface area contributed by atoms with Crippen LogP contribution in [-0.2, 0) is 10.0 Å². The maximum absolute atomic E-state index is 12.8. The second-order valence-electron chi connectivity index (χ2n) is 6.34. The number of carboxylic acid groups (broad SMARTS) is 1. The van der Waals surface area contributed by atoms with Crippen LogP contribution in [0.1, 0.15) is 42.6 Å². The van der Waals surface area contributed by atoms with Gasteiger partial charge in [0, 0.05) is 13.1 Å². The van der Waals surface area contributed by atoms with E-state index in [4.69, 9.17) is 5.11 Å². The molecule has 1 aliphatic heterocycles. The first kappa shape index (κ1) is 16.0. The third-order valence-electron chi connectivity index (χ3n) is 4.00. The van der Waals surface area contributed by atoms with E-state index in [0.29, 0.717) is 18.7 Å². The highest BCUT2D eigenvalue weighted by molar-refractivity contribution is 7.89. The Labute approximate surface area is 125 Å². The lowest BCUT2D eigenvalue weighted by atomic mass is 9.85. The van der Waals surface area contributed by atoms with E-state index >= 15 is 0 Å². The van der Waals surface area contributed by atoms with Gasteiger partial charge in [0.2, 0.25) is 10.0 Å². The number of rotatable bonds is 3. The first-order valence-corrected chi connectivity index (χ1v) is 8.42. The number of hydrogen-bond donors (Lipinski definition) is 1. The molecule has 116 valence electrons. The van der Waals surface area contributed by atoms with Crippen LogP contribution in [0.15, 0.2) is 23.1 Å². The molecule has 0 aromatic heterocycles. The van der Waals surface area contributed by atoms with Crippen molar-refractivity contribution >= 4 is 16.0 Å². The average Bonchev–Trinajstić information content (AvgIpc) is 2.37. The number of nitrogens with zero attached hydrogens (tertiary/aromatic N) is 1. The van der Waals surface area contributed by atoms with Crippen molar-refractivity contribution in [3.63, 3.8) is 0 Å². The molecule has 0 aliphatic carbocycles. The van der Waals surface area contributed by atoms with Crippen LogP contribution in [0, 0.1) is 12.3 Å². The molecular formula is C15H21NO4S. The van der Waals surface area contributed by atoms with Gasteiger partial charge < -0.3 is 5.11 Å². The van der Waals surface area contributed by atoms with Crippen LogP contribution >= 0.6 is 0 Å². The Balaban J connectivity index is 2.45. The van der Waals surface area contributed by atoms with Crippen LogP contribution in [-0.4, -0.2) is 36.9 Å². The number of piperidine rings is 1. The van der Waals surface area contributed by atoms with Crippen molar-refractivity contribution in [2.24, 2.45) is 5.41 Å². The number of aromatic carboxylic acids is 1. The number of benzene rings is 1. The fourth-order valence-electron chi connectivity index (χ4n) is 2.84. The predicted molar refractivity (Wildman–Crippen MR) is 79.9 cm³/mol. The van der Waals surface area contributed by atoms with Crippen molar-refractivity contribution in [1.29, 1.82) is 0 Å². The average molecular weight is 311 g/mol. The van der Waals surface area contributed by atoms with Crippen LogP contribution in [0.4, 0.5) is 0 Å². The molecular weight excluding hydrogens is 290 g/mol. The normalized spacial score (nSPS) is 19.4. The quantitative estimate of drug-likeness (QED) is 0.930. The van der Waals surface area contributed by atoms with Gasteiger partial charge in [-0.3, -0.25) is 0 Å². The van der Waals surface area contributed by atoms with Crippen molar-refractivity contribution in [1.82, 2.24) is 4.31 Å². The molecule has 1 aliphatic rings. The molecule has 6 heteroatoms. The topological polar surface area (TPSA) is 74.7 Å². The summed E-state index contributed by atoms with van der Waals surface area (Å²) in [6.07, 6.45) is 1.82. The summed E-state index contributed by atoms with van der Waals surface area (Å²) >= 11 is 0. The van der Waals surface area contributed by atoms with Crippen molar-refractivity contribution in [3.8, 4) is 0 Å². The van der Waals surface area contributed by atoms with Gasteiger partial charge in [0.15, 0.2) is 0 Å². The van der Waals surface area contributed by atoms with E-state index in [1.54, 1.807) is 6.92 Å². The molecule has 1 heterocycles. The molecule has 21 heavy (non-hydrogen) atoms. The summed E-state index contributed by atoms with van der Waals surface area (Å²) in [5.74, 6) is -1.11. The van der Waals surface area contributed by atoms with E-state index in [-0.39, 0.29) is 15.9 Å². The molecule has 1 aromatic carbocycles. The molecule has 2 rings (SSSR count). The highest BCUT2D eigenvalue weighted by Gasteiger charge is 2.35. The van der Waals surface area contributed by atoms with Crippen LogP contribution in [0.5, 0.6) is 0 Å². The predicted octanol–water partition coefficient (Wildman–Crippen LogP) is 2.50. The van der Waals surface area contributed by atoms with Gasteiger partial charge in [-0.15, -0.1) is 0 Å². The van der Waals surface area contributed by atoms with Gasteiger partial charge in [-0.05, 0) is 42.9 Å². The van der Waals surface area contributed by atoms with E-state index in [2.05, 4.69) is 13.8 Å². The Morgan fingerprint density at radius 1 is 1.33 bits per heavy atom.